The van der Waals surface area contributed by atoms with Crippen LogP contribution in [0.25, 0.3) is 6.08 Å². The number of hydrogen-bond acceptors (Lipinski definition) is 5. The van der Waals surface area contributed by atoms with Crippen molar-refractivity contribution in [1.82, 2.24) is 5.32 Å². The number of aryl methyl sites for hydroxylation is 1. The molecule has 0 radical (unpaired) electrons. The van der Waals surface area contributed by atoms with Crippen molar-refractivity contribution in [3.63, 3.8) is 0 Å². The van der Waals surface area contributed by atoms with Crippen LogP contribution in [0.5, 0.6) is 11.5 Å². The molecule has 0 atom stereocenters. The molecule has 1 aliphatic heterocycles. The molecule has 1 saturated heterocycles. The molecule has 0 unspecified atom stereocenters. The molecule has 128 valence electrons. The molecule has 2 aromatic rings. The van der Waals surface area contributed by atoms with E-state index >= 15 is 0 Å². The lowest BCUT2D eigenvalue weighted by atomic mass is 10.2. The van der Waals surface area contributed by atoms with Crippen molar-refractivity contribution in [3.8, 4) is 11.5 Å². The number of carbonyl (C=O) groups excluding carboxylic acids is 1. The van der Waals surface area contributed by atoms with Gasteiger partial charge in [0.1, 0.15) is 29.0 Å². The Bertz CT molecular complexity index is 798. The van der Waals surface area contributed by atoms with Crippen molar-refractivity contribution in [2.75, 3.05) is 13.2 Å². The highest BCUT2D eigenvalue weighted by molar-refractivity contribution is 8.26. The zero-order valence-electron chi connectivity index (χ0n) is 13.7. The Labute approximate surface area is 156 Å². The number of nitrogens with one attached hydrogen (secondary N) is 1. The summed E-state index contributed by atoms with van der Waals surface area (Å²) in [5, 5.41) is 2.60. The van der Waals surface area contributed by atoms with Crippen molar-refractivity contribution in [3.05, 3.63) is 64.6 Å². The monoisotopic (exact) mass is 371 g/mol. The van der Waals surface area contributed by atoms with Gasteiger partial charge in [0, 0.05) is 0 Å². The van der Waals surface area contributed by atoms with Crippen LogP contribution < -0.4 is 14.8 Å². The molecule has 4 nitrogen and oxygen atoms in total. The summed E-state index contributed by atoms with van der Waals surface area (Å²) in [6, 6.07) is 15.5. The zero-order valence-corrected chi connectivity index (χ0v) is 15.3. The number of ether oxygens (including phenoxy) is 2. The van der Waals surface area contributed by atoms with Gasteiger partial charge in [0.05, 0.1) is 4.91 Å². The number of carbonyl (C=O) groups is 1. The Balaban J connectivity index is 1.48. The first-order chi connectivity index (χ1) is 12.1. The number of benzene rings is 2. The van der Waals surface area contributed by atoms with Crippen molar-refractivity contribution in [2.45, 2.75) is 6.92 Å². The molecular weight excluding hydrogens is 354 g/mol. The summed E-state index contributed by atoms with van der Waals surface area (Å²) in [7, 11) is 0. The smallest absolute Gasteiger partial charge is 0.263 e. The van der Waals surface area contributed by atoms with Crippen LogP contribution in [-0.4, -0.2) is 23.4 Å². The fourth-order valence-electron chi connectivity index (χ4n) is 2.19. The molecule has 3 rings (SSSR count). The van der Waals surface area contributed by atoms with E-state index in [2.05, 4.69) is 5.32 Å². The van der Waals surface area contributed by atoms with Gasteiger partial charge in [-0.3, -0.25) is 4.79 Å². The van der Waals surface area contributed by atoms with Crippen molar-refractivity contribution >= 4 is 40.3 Å². The summed E-state index contributed by atoms with van der Waals surface area (Å²) in [6.45, 7) is 2.97. The highest BCUT2D eigenvalue weighted by Crippen LogP contribution is 2.26. The van der Waals surface area contributed by atoms with E-state index in [-0.39, 0.29) is 5.91 Å². The highest BCUT2D eigenvalue weighted by atomic mass is 32.2. The van der Waals surface area contributed by atoms with E-state index in [1.165, 1.54) is 17.3 Å². The summed E-state index contributed by atoms with van der Waals surface area (Å²) in [5.74, 6) is 1.44. The van der Waals surface area contributed by atoms with E-state index in [9.17, 15) is 4.79 Å². The van der Waals surface area contributed by atoms with Gasteiger partial charge in [-0.05, 0) is 42.8 Å². The molecule has 0 saturated carbocycles. The van der Waals surface area contributed by atoms with Gasteiger partial charge in [-0.25, -0.2) is 0 Å². The average Bonchev–Trinajstić information content (AvgIpc) is 2.92. The second-order valence-electron chi connectivity index (χ2n) is 5.43. The van der Waals surface area contributed by atoms with Crippen LogP contribution in [0.3, 0.4) is 0 Å². The van der Waals surface area contributed by atoms with Gasteiger partial charge in [-0.15, -0.1) is 0 Å². The minimum atomic E-state index is -0.149. The molecular formula is C19H17NO3S2. The molecule has 1 N–H and O–H groups in total. The van der Waals surface area contributed by atoms with E-state index in [1.54, 1.807) is 0 Å². The summed E-state index contributed by atoms with van der Waals surface area (Å²) < 4.78 is 11.8. The molecule has 0 spiro atoms. The molecule has 1 fully saturated rings. The maximum absolute atomic E-state index is 11.6. The van der Waals surface area contributed by atoms with Crippen molar-refractivity contribution in [1.29, 1.82) is 0 Å². The molecule has 0 bridgehead atoms. The first kappa shape index (κ1) is 17.5. The molecule has 6 heteroatoms. The highest BCUT2D eigenvalue weighted by Gasteiger charge is 2.21. The molecule has 2 aromatic carbocycles. The molecule has 1 amide bonds. The van der Waals surface area contributed by atoms with Crippen molar-refractivity contribution < 1.29 is 14.3 Å². The standard InChI is InChI=1S/C19H17NO3S2/c1-13-2-6-15(7-3-13)22-10-11-23-16-8-4-14(5-9-16)12-17-18(21)20-19(24)25-17/h2-9,12H,10-11H2,1H3,(H,20,21,24)/b17-12+. The molecule has 0 aromatic heterocycles. The van der Waals surface area contributed by atoms with Crippen LogP contribution in [-0.2, 0) is 4.79 Å². The van der Waals surface area contributed by atoms with E-state index in [0.29, 0.717) is 22.4 Å². The first-order valence-electron chi connectivity index (χ1n) is 7.77. The normalized spacial score (nSPS) is 15.3. The lowest BCUT2D eigenvalue weighted by Crippen LogP contribution is -2.17. The van der Waals surface area contributed by atoms with E-state index < -0.39 is 0 Å². The number of thioether (sulfide) groups is 1. The zero-order chi connectivity index (χ0) is 17.6. The molecule has 1 heterocycles. The fourth-order valence-corrected chi connectivity index (χ4v) is 3.23. The summed E-state index contributed by atoms with van der Waals surface area (Å²) in [4.78, 5) is 12.2. The SMILES string of the molecule is Cc1ccc(OCCOc2ccc(/C=C3/SC(=S)NC3=O)cc2)cc1. The van der Waals surface area contributed by atoms with E-state index in [1.807, 2.05) is 61.5 Å². The van der Waals surface area contributed by atoms with Gasteiger partial charge >= 0.3 is 0 Å². The van der Waals surface area contributed by atoms with Gasteiger partial charge in [0.2, 0.25) is 0 Å². The van der Waals surface area contributed by atoms with Gasteiger partial charge in [0.15, 0.2) is 0 Å². The Hall–Kier alpha value is -2.31. The number of amides is 1. The van der Waals surface area contributed by atoms with Crippen LogP contribution in [0.15, 0.2) is 53.4 Å². The first-order valence-corrected chi connectivity index (χ1v) is 9.00. The van der Waals surface area contributed by atoms with Crippen LogP contribution in [0, 0.1) is 6.92 Å². The number of rotatable bonds is 6. The third-order valence-corrected chi connectivity index (χ3v) is 4.62. The molecule has 25 heavy (non-hydrogen) atoms. The minimum Gasteiger partial charge on any atom is -0.490 e. The van der Waals surface area contributed by atoms with Crippen LogP contribution >= 0.6 is 24.0 Å². The van der Waals surface area contributed by atoms with E-state index in [4.69, 9.17) is 21.7 Å². The van der Waals surface area contributed by atoms with Gasteiger partial charge in [-0.2, -0.15) is 0 Å². The third-order valence-electron chi connectivity index (χ3n) is 3.46. The van der Waals surface area contributed by atoms with Crippen LogP contribution in [0.4, 0.5) is 0 Å². The van der Waals surface area contributed by atoms with Gasteiger partial charge < -0.3 is 14.8 Å². The number of thiocarbonyl (C=S) groups is 1. The van der Waals surface area contributed by atoms with Crippen LogP contribution in [0.2, 0.25) is 0 Å². The lowest BCUT2D eigenvalue weighted by molar-refractivity contribution is -0.115. The Morgan fingerprint density at radius 2 is 1.56 bits per heavy atom. The summed E-state index contributed by atoms with van der Waals surface area (Å²) in [5.41, 5.74) is 2.12. The summed E-state index contributed by atoms with van der Waals surface area (Å²) >= 11 is 6.24. The maximum atomic E-state index is 11.6. The predicted molar refractivity (Wildman–Crippen MR) is 105 cm³/mol. The van der Waals surface area contributed by atoms with Crippen LogP contribution in [0.1, 0.15) is 11.1 Å². The Morgan fingerprint density at radius 3 is 2.08 bits per heavy atom. The number of hydrogen-bond donors (Lipinski definition) is 1. The lowest BCUT2D eigenvalue weighted by Gasteiger charge is -2.08. The minimum absolute atomic E-state index is 0.149. The predicted octanol–water partition coefficient (Wildman–Crippen LogP) is 3.94. The molecule has 1 aliphatic rings. The molecule has 0 aliphatic carbocycles. The maximum Gasteiger partial charge on any atom is 0.263 e. The van der Waals surface area contributed by atoms with E-state index in [0.717, 1.165) is 17.1 Å². The van der Waals surface area contributed by atoms with Gasteiger partial charge in [-0.1, -0.05) is 53.8 Å². The Kier molecular flexibility index (Phi) is 5.73. The Morgan fingerprint density at radius 1 is 1.00 bits per heavy atom. The largest absolute Gasteiger partial charge is 0.490 e. The topological polar surface area (TPSA) is 47.6 Å². The fraction of sp³-hybridized carbons (Fsp3) is 0.158. The second-order valence-corrected chi connectivity index (χ2v) is 7.15. The van der Waals surface area contributed by atoms with Crippen molar-refractivity contribution in [2.24, 2.45) is 0 Å². The average molecular weight is 371 g/mol. The summed E-state index contributed by atoms with van der Waals surface area (Å²) in [6.07, 6.45) is 1.81. The second kappa shape index (κ2) is 8.18. The van der Waals surface area contributed by atoms with Gasteiger partial charge in [0.25, 0.3) is 5.91 Å². The quantitative estimate of drug-likeness (QED) is 0.473. The third kappa shape index (κ3) is 5.08.